The first-order valence-electron chi connectivity index (χ1n) is 8.18. The summed E-state index contributed by atoms with van der Waals surface area (Å²) in [5.41, 5.74) is -0.290. The van der Waals surface area contributed by atoms with Crippen molar-refractivity contribution < 1.29 is 27.1 Å². The van der Waals surface area contributed by atoms with Gasteiger partial charge in [0, 0.05) is 5.39 Å². The molecule has 9 heteroatoms. The Kier molecular flexibility index (Phi) is 4.23. The highest BCUT2D eigenvalue weighted by molar-refractivity contribution is 7.92. The van der Waals surface area contributed by atoms with Crippen molar-refractivity contribution in [2.24, 2.45) is 0 Å². The Labute approximate surface area is 159 Å². The molecule has 1 amide bonds. The van der Waals surface area contributed by atoms with Gasteiger partial charge in [0.05, 0.1) is 5.56 Å². The molecule has 3 aromatic rings. The molecule has 1 fully saturated rings. The Bertz CT molecular complexity index is 1210. The average Bonchev–Trinajstić information content (AvgIpc) is 2.94. The number of hydrogen-bond donors (Lipinski definition) is 1. The van der Waals surface area contributed by atoms with Gasteiger partial charge in [0.25, 0.3) is 5.91 Å². The minimum absolute atomic E-state index is 0.131. The van der Waals surface area contributed by atoms with Gasteiger partial charge in [-0.2, -0.15) is 8.42 Å². The summed E-state index contributed by atoms with van der Waals surface area (Å²) >= 11 is 0. The van der Waals surface area contributed by atoms with Crippen LogP contribution in [0.25, 0.3) is 10.8 Å². The van der Waals surface area contributed by atoms with Crippen molar-refractivity contribution in [1.29, 1.82) is 0 Å². The van der Waals surface area contributed by atoms with E-state index in [0.29, 0.717) is 9.69 Å². The number of halogens is 1. The zero-order valence-corrected chi connectivity index (χ0v) is 15.1. The van der Waals surface area contributed by atoms with Crippen LogP contribution in [0.15, 0.2) is 60.7 Å². The summed E-state index contributed by atoms with van der Waals surface area (Å²) in [4.78, 5) is 24.1. The van der Waals surface area contributed by atoms with Crippen molar-refractivity contribution >= 4 is 38.5 Å². The molecule has 1 aliphatic heterocycles. The molecule has 1 heterocycles. The summed E-state index contributed by atoms with van der Waals surface area (Å²) in [5.74, 6) is -2.81. The van der Waals surface area contributed by atoms with Gasteiger partial charge in [-0.25, -0.2) is 18.2 Å². The van der Waals surface area contributed by atoms with E-state index in [1.54, 1.807) is 41.1 Å². The van der Waals surface area contributed by atoms with E-state index >= 15 is 4.39 Å². The Morgan fingerprint density at radius 1 is 1.07 bits per heavy atom. The zero-order chi connectivity index (χ0) is 19.9. The number of esters is 1. The Morgan fingerprint density at radius 2 is 1.75 bits per heavy atom. The van der Waals surface area contributed by atoms with Crippen LogP contribution in [0.1, 0.15) is 10.4 Å². The van der Waals surface area contributed by atoms with E-state index in [2.05, 4.69) is 0 Å². The van der Waals surface area contributed by atoms with E-state index in [0.717, 1.165) is 0 Å². The van der Waals surface area contributed by atoms with Crippen molar-refractivity contribution in [3.63, 3.8) is 0 Å². The average molecular weight is 400 g/mol. The van der Waals surface area contributed by atoms with E-state index in [9.17, 15) is 18.0 Å². The summed E-state index contributed by atoms with van der Waals surface area (Å²) < 4.78 is 47.5. The maximum absolute atomic E-state index is 15.3. The first kappa shape index (κ1) is 17.9. The van der Waals surface area contributed by atoms with Gasteiger partial charge in [-0.05, 0) is 23.6 Å². The smallest absolute Gasteiger partial charge is 0.343 e. The van der Waals surface area contributed by atoms with Gasteiger partial charge in [0.2, 0.25) is 0 Å². The van der Waals surface area contributed by atoms with Gasteiger partial charge < -0.3 is 4.74 Å². The van der Waals surface area contributed by atoms with E-state index in [4.69, 9.17) is 4.74 Å². The molecule has 0 unspecified atom stereocenters. The Balaban J connectivity index is 1.89. The number of fused-ring (bicyclic) bond motifs is 1. The summed E-state index contributed by atoms with van der Waals surface area (Å²) in [6.45, 7) is -0.618. The third-order valence-electron chi connectivity index (χ3n) is 4.21. The van der Waals surface area contributed by atoms with Crippen LogP contribution in [-0.2, 0) is 15.0 Å². The summed E-state index contributed by atoms with van der Waals surface area (Å²) in [6, 6.07) is 15.7. The second-order valence-corrected chi connectivity index (χ2v) is 7.65. The molecule has 142 valence electrons. The molecule has 3 aromatic carbocycles. The van der Waals surface area contributed by atoms with Gasteiger partial charge in [-0.15, -0.1) is 0 Å². The molecule has 28 heavy (non-hydrogen) atoms. The maximum atomic E-state index is 15.3. The fraction of sp³-hybridized carbons (Fsp3) is 0.0526. The van der Waals surface area contributed by atoms with E-state index in [1.165, 1.54) is 24.3 Å². The highest BCUT2D eigenvalue weighted by atomic mass is 32.2. The van der Waals surface area contributed by atoms with Crippen LogP contribution in [0.4, 0.5) is 10.1 Å². The summed E-state index contributed by atoms with van der Waals surface area (Å²) in [5, 5.41) is 0.544. The van der Waals surface area contributed by atoms with Gasteiger partial charge >= 0.3 is 16.2 Å². The van der Waals surface area contributed by atoms with Crippen LogP contribution in [0.2, 0.25) is 0 Å². The summed E-state index contributed by atoms with van der Waals surface area (Å²) in [7, 11) is -4.30. The first-order chi connectivity index (χ1) is 13.4. The normalized spacial score (nSPS) is 15.5. The number of carbonyl (C=O) groups excluding carboxylic acids is 2. The van der Waals surface area contributed by atoms with E-state index in [-0.39, 0.29) is 16.7 Å². The minimum atomic E-state index is -4.30. The van der Waals surface area contributed by atoms with Gasteiger partial charge in [-0.1, -0.05) is 42.5 Å². The van der Waals surface area contributed by atoms with Crippen molar-refractivity contribution in [3.8, 4) is 5.75 Å². The molecular formula is C19H13FN2O5S. The molecule has 0 atom stereocenters. The first-order valence-corrected chi connectivity index (χ1v) is 9.62. The lowest BCUT2D eigenvalue weighted by atomic mass is 10.1. The molecular weight excluding hydrogens is 387 g/mol. The number of anilines is 1. The molecule has 0 aromatic heterocycles. The number of rotatable bonds is 3. The lowest BCUT2D eigenvalue weighted by Crippen LogP contribution is -2.31. The second kappa shape index (κ2) is 6.61. The van der Waals surface area contributed by atoms with Crippen LogP contribution in [0, 0.1) is 5.82 Å². The Morgan fingerprint density at radius 3 is 2.43 bits per heavy atom. The summed E-state index contributed by atoms with van der Waals surface area (Å²) in [6.07, 6.45) is 0. The number of nitrogens with one attached hydrogen (secondary N) is 1. The topological polar surface area (TPSA) is 92.8 Å². The maximum Gasteiger partial charge on any atom is 0.343 e. The number of ether oxygens (including phenoxy) is 1. The quantitative estimate of drug-likeness (QED) is 0.538. The predicted molar refractivity (Wildman–Crippen MR) is 99.7 cm³/mol. The third-order valence-corrected chi connectivity index (χ3v) is 5.58. The van der Waals surface area contributed by atoms with Crippen LogP contribution >= 0.6 is 0 Å². The second-order valence-electron chi connectivity index (χ2n) is 6.05. The molecule has 0 aliphatic carbocycles. The zero-order valence-electron chi connectivity index (χ0n) is 14.3. The van der Waals surface area contributed by atoms with Crippen molar-refractivity contribution in [2.75, 3.05) is 10.8 Å². The third kappa shape index (κ3) is 3.05. The van der Waals surface area contributed by atoms with Crippen molar-refractivity contribution in [3.05, 3.63) is 72.0 Å². The van der Waals surface area contributed by atoms with Crippen molar-refractivity contribution in [2.45, 2.75) is 0 Å². The number of hydrogen-bond acceptors (Lipinski definition) is 5. The van der Waals surface area contributed by atoms with E-state index in [1.807, 2.05) is 0 Å². The molecule has 1 N–H and O–H groups in total. The largest absolute Gasteiger partial charge is 0.421 e. The molecule has 0 bridgehead atoms. The molecule has 1 saturated heterocycles. The molecule has 0 saturated carbocycles. The number of nitrogens with zero attached hydrogens (tertiary/aromatic N) is 1. The predicted octanol–water partition coefficient (Wildman–Crippen LogP) is 2.38. The molecule has 4 rings (SSSR count). The number of benzene rings is 3. The lowest BCUT2D eigenvalue weighted by molar-refractivity contribution is -0.117. The van der Waals surface area contributed by atoms with Crippen LogP contribution in [0.5, 0.6) is 5.75 Å². The van der Waals surface area contributed by atoms with E-state index < -0.39 is 40.1 Å². The molecule has 0 spiro atoms. The fourth-order valence-electron chi connectivity index (χ4n) is 2.96. The molecule has 7 nitrogen and oxygen atoms in total. The number of amides is 1. The highest BCUT2D eigenvalue weighted by Crippen LogP contribution is 2.39. The molecule has 0 radical (unpaired) electrons. The fourth-order valence-corrected chi connectivity index (χ4v) is 4.12. The van der Waals surface area contributed by atoms with Gasteiger partial charge in [0.1, 0.15) is 12.2 Å². The van der Waals surface area contributed by atoms with Crippen LogP contribution in [0.3, 0.4) is 0 Å². The molecule has 1 aliphatic rings. The van der Waals surface area contributed by atoms with Gasteiger partial charge in [0.15, 0.2) is 11.6 Å². The van der Waals surface area contributed by atoms with Crippen LogP contribution < -0.4 is 13.8 Å². The van der Waals surface area contributed by atoms with Crippen LogP contribution in [-0.4, -0.2) is 26.8 Å². The highest BCUT2D eigenvalue weighted by Gasteiger charge is 2.38. The SMILES string of the molecule is O=C1CN(c2c(OC(=O)c3ccccc3)cc3ccccc3c2F)S(=O)(=O)N1. The lowest BCUT2D eigenvalue weighted by Gasteiger charge is -2.20. The Hall–Kier alpha value is -3.46. The van der Waals surface area contributed by atoms with Crippen molar-refractivity contribution in [1.82, 2.24) is 4.72 Å². The number of carbonyl (C=O) groups is 2. The monoisotopic (exact) mass is 400 g/mol. The standard InChI is InChI=1S/C19H13FN2O5S/c20-17-14-9-5-4-8-13(14)10-15(27-19(24)12-6-2-1-3-7-12)18(17)22-11-16(23)21-28(22,25)26/h1-10H,11H2,(H,21,23). The minimum Gasteiger partial charge on any atom is -0.421 e. The van der Waals surface area contributed by atoms with Gasteiger partial charge in [-0.3, -0.25) is 4.79 Å².